The molecule has 0 radical (unpaired) electrons. The quantitative estimate of drug-likeness (QED) is 0.608. The highest BCUT2D eigenvalue weighted by atomic mass is 35.5. The molecule has 7 heteroatoms. The summed E-state index contributed by atoms with van der Waals surface area (Å²) in [5, 5.41) is -0.733. The fraction of sp³-hybridized carbons (Fsp3) is 0.533. The molecule has 1 aliphatic carbocycles. The molecule has 1 aromatic rings. The van der Waals surface area contributed by atoms with Gasteiger partial charge in [0.25, 0.3) is 5.24 Å². The molecule has 1 unspecified atom stereocenters. The second-order valence-electron chi connectivity index (χ2n) is 5.72. The lowest BCUT2D eigenvalue weighted by Gasteiger charge is -2.26. The Kier molecular flexibility index (Phi) is 5.59. The SMILES string of the molecule is Cc1cc([S+]([O-])C2CCCCC2)c(S(C)(=O)=O)cc1C(=O)Cl. The molecule has 0 saturated heterocycles. The summed E-state index contributed by atoms with van der Waals surface area (Å²) in [6.07, 6.45) is 5.90. The van der Waals surface area contributed by atoms with E-state index in [4.69, 9.17) is 11.6 Å². The Balaban J connectivity index is 2.53. The lowest BCUT2D eigenvalue weighted by Crippen LogP contribution is -2.26. The molecule has 0 bridgehead atoms. The zero-order valence-corrected chi connectivity index (χ0v) is 15.0. The van der Waals surface area contributed by atoms with Gasteiger partial charge in [-0.05, 0) is 73.1 Å². The number of carbonyl (C=O) groups is 1. The van der Waals surface area contributed by atoms with Crippen molar-refractivity contribution in [2.45, 2.75) is 54.1 Å². The van der Waals surface area contributed by atoms with Gasteiger partial charge in [0, 0.05) is 11.8 Å². The summed E-state index contributed by atoms with van der Waals surface area (Å²) in [7, 11) is -3.59. The Hall–Kier alpha value is -0.560. The third kappa shape index (κ3) is 3.85. The minimum absolute atomic E-state index is 0.0220. The monoisotopic (exact) mass is 362 g/mol. The largest absolute Gasteiger partial charge is 0.611 e. The van der Waals surface area contributed by atoms with Gasteiger partial charge in [-0.15, -0.1) is 0 Å². The predicted molar refractivity (Wildman–Crippen MR) is 87.8 cm³/mol. The second kappa shape index (κ2) is 6.91. The molecule has 0 aromatic heterocycles. The van der Waals surface area contributed by atoms with E-state index in [9.17, 15) is 17.8 Å². The Bertz CT molecular complexity index is 679. The maximum Gasteiger partial charge on any atom is 0.252 e. The number of aryl methyl sites for hydroxylation is 1. The number of sulfone groups is 1. The molecule has 0 heterocycles. The molecule has 2 rings (SSSR count). The van der Waals surface area contributed by atoms with Gasteiger partial charge < -0.3 is 4.55 Å². The van der Waals surface area contributed by atoms with Gasteiger partial charge >= 0.3 is 0 Å². The average Bonchev–Trinajstić information content (AvgIpc) is 2.45. The van der Waals surface area contributed by atoms with Gasteiger partial charge in [0.05, 0.1) is 0 Å². The normalized spacial score (nSPS) is 18.2. The fourth-order valence-corrected chi connectivity index (χ4v) is 6.11. The third-order valence-electron chi connectivity index (χ3n) is 3.97. The fourth-order valence-electron chi connectivity index (χ4n) is 2.78. The van der Waals surface area contributed by atoms with Crippen LogP contribution in [0.3, 0.4) is 0 Å². The summed E-state index contributed by atoms with van der Waals surface area (Å²) in [5.41, 5.74) is 0.693. The van der Waals surface area contributed by atoms with E-state index in [1.54, 1.807) is 6.92 Å². The maximum atomic E-state index is 12.8. The highest BCUT2D eigenvalue weighted by molar-refractivity contribution is 7.94. The van der Waals surface area contributed by atoms with Gasteiger partial charge in [0.15, 0.2) is 14.7 Å². The molecule has 1 fully saturated rings. The van der Waals surface area contributed by atoms with Gasteiger partial charge in [-0.3, -0.25) is 4.79 Å². The molecular formula is C15H19ClO4S2. The second-order valence-corrected chi connectivity index (χ2v) is 9.75. The zero-order valence-electron chi connectivity index (χ0n) is 12.6. The number of hydrogen-bond acceptors (Lipinski definition) is 4. The third-order valence-corrected chi connectivity index (χ3v) is 7.29. The Morgan fingerprint density at radius 1 is 1.27 bits per heavy atom. The lowest BCUT2D eigenvalue weighted by molar-refractivity contribution is 0.108. The van der Waals surface area contributed by atoms with Crippen molar-refractivity contribution in [2.75, 3.05) is 6.26 Å². The van der Waals surface area contributed by atoms with Crippen LogP contribution in [0, 0.1) is 6.92 Å². The summed E-state index contributed by atoms with van der Waals surface area (Å²) >= 11 is 4.11. The van der Waals surface area contributed by atoms with E-state index < -0.39 is 26.3 Å². The summed E-state index contributed by atoms with van der Waals surface area (Å²) in [6.45, 7) is 1.67. The molecular weight excluding hydrogens is 344 g/mol. The van der Waals surface area contributed by atoms with Crippen LogP contribution in [0.1, 0.15) is 48.0 Å². The van der Waals surface area contributed by atoms with Crippen LogP contribution in [0.5, 0.6) is 0 Å². The van der Waals surface area contributed by atoms with Crippen molar-refractivity contribution in [3.63, 3.8) is 0 Å². The van der Waals surface area contributed by atoms with Crippen LogP contribution < -0.4 is 0 Å². The first-order valence-electron chi connectivity index (χ1n) is 7.17. The molecule has 4 nitrogen and oxygen atoms in total. The smallest absolute Gasteiger partial charge is 0.252 e. The molecule has 0 spiro atoms. The van der Waals surface area contributed by atoms with Crippen LogP contribution in [0.15, 0.2) is 21.9 Å². The summed E-state index contributed by atoms with van der Waals surface area (Å²) in [4.78, 5) is 11.7. The van der Waals surface area contributed by atoms with Gasteiger partial charge in [-0.25, -0.2) is 8.42 Å². The molecule has 22 heavy (non-hydrogen) atoms. The molecule has 1 atom stereocenters. The topological polar surface area (TPSA) is 74.3 Å². The molecule has 122 valence electrons. The van der Waals surface area contributed by atoms with Crippen LogP contribution in [-0.4, -0.2) is 29.7 Å². The van der Waals surface area contributed by atoms with E-state index in [0.717, 1.165) is 38.4 Å². The van der Waals surface area contributed by atoms with Gasteiger partial charge in [0.2, 0.25) is 0 Å². The minimum atomic E-state index is -3.59. The summed E-state index contributed by atoms with van der Waals surface area (Å²) < 4.78 is 36.9. The highest BCUT2D eigenvalue weighted by Crippen LogP contribution is 2.33. The molecule has 1 saturated carbocycles. The van der Waals surface area contributed by atoms with E-state index in [1.807, 2.05) is 0 Å². The number of rotatable bonds is 4. The standard InChI is InChI=1S/C15H19ClO4S2/c1-10-8-13(21(18)11-6-4-3-5-7-11)14(22(2,19)20)9-12(10)15(16)17/h8-9,11H,3-7H2,1-2H3. The number of halogens is 1. The van der Waals surface area contributed by atoms with E-state index in [2.05, 4.69) is 0 Å². The molecule has 0 aliphatic heterocycles. The number of benzene rings is 1. The van der Waals surface area contributed by atoms with Crippen LogP contribution in [-0.2, 0) is 21.0 Å². The van der Waals surface area contributed by atoms with Crippen molar-refractivity contribution < 1.29 is 17.8 Å². The summed E-state index contributed by atoms with van der Waals surface area (Å²) in [5.74, 6) is 0. The van der Waals surface area contributed by atoms with Crippen molar-refractivity contribution in [3.05, 3.63) is 23.3 Å². The zero-order chi connectivity index (χ0) is 16.5. The minimum Gasteiger partial charge on any atom is -0.611 e. The van der Waals surface area contributed by atoms with Crippen LogP contribution >= 0.6 is 11.6 Å². The Morgan fingerprint density at radius 3 is 2.36 bits per heavy atom. The Morgan fingerprint density at radius 2 is 1.86 bits per heavy atom. The van der Waals surface area contributed by atoms with E-state index in [-0.39, 0.29) is 15.7 Å². The molecule has 0 amide bonds. The van der Waals surface area contributed by atoms with Gasteiger partial charge in [-0.1, -0.05) is 6.42 Å². The molecule has 1 aliphatic rings. The van der Waals surface area contributed by atoms with Crippen molar-refractivity contribution in [1.29, 1.82) is 0 Å². The van der Waals surface area contributed by atoms with Gasteiger partial charge in [0.1, 0.15) is 10.1 Å². The van der Waals surface area contributed by atoms with Crippen molar-refractivity contribution in [1.82, 2.24) is 0 Å². The van der Waals surface area contributed by atoms with E-state index in [1.165, 1.54) is 12.1 Å². The van der Waals surface area contributed by atoms with Crippen molar-refractivity contribution in [3.8, 4) is 0 Å². The molecule has 1 aromatic carbocycles. The lowest BCUT2D eigenvalue weighted by atomic mass is 10.0. The Labute approximate surface area is 139 Å². The average molecular weight is 363 g/mol. The van der Waals surface area contributed by atoms with Crippen LogP contribution in [0.4, 0.5) is 0 Å². The predicted octanol–water partition coefficient (Wildman–Crippen LogP) is 3.22. The number of carbonyl (C=O) groups excluding carboxylic acids is 1. The number of hydrogen-bond donors (Lipinski definition) is 0. The highest BCUT2D eigenvalue weighted by Gasteiger charge is 2.32. The van der Waals surface area contributed by atoms with Gasteiger partial charge in [-0.2, -0.15) is 0 Å². The first-order valence-corrected chi connectivity index (χ1v) is 10.6. The van der Waals surface area contributed by atoms with E-state index in [0.29, 0.717) is 10.5 Å². The van der Waals surface area contributed by atoms with Crippen LogP contribution in [0.2, 0.25) is 0 Å². The van der Waals surface area contributed by atoms with Crippen molar-refractivity contribution in [2.24, 2.45) is 0 Å². The first-order chi connectivity index (χ1) is 10.2. The van der Waals surface area contributed by atoms with Crippen molar-refractivity contribution >= 4 is 37.9 Å². The maximum absolute atomic E-state index is 12.8. The summed E-state index contributed by atoms with van der Waals surface area (Å²) in [6, 6.07) is 2.80. The first kappa shape index (κ1) is 17.8. The van der Waals surface area contributed by atoms with Crippen LogP contribution in [0.25, 0.3) is 0 Å². The van der Waals surface area contributed by atoms with E-state index >= 15 is 0 Å². The molecule has 0 N–H and O–H groups in total.